The predicted molar refractivity (Wildman–Crippen MR) is 71.1 cm³/mol. The van der Waals surface area contributed by atoms with Gasteiger partial charge in [-0.15, -0.1) is 11.3 Å². The molecular formula is C12H9F8N3S. The third kappa shape index (κ3) is 4.02. The van der Waals surface area contributed by atoms with Gasteiger partial charge >= 0.3 is 18.3 Å². The number of alkyl halides is 8. The normalized spacial score (nSPS) is 13.5. The summed E-state index contributed by atoms with van der Waals surface area (Å²) in [4.78, 5) is 6.27. The Morgan fingerprint density at radius 3 is 2.25 bits per heavy atom. The zero-order valence-corrected chi connectivity index (χ0v) is 12.4. The highest BCUT2D eigenvalue weighted by Gasteiger charge is 2.61. The van der Waals surface area contributed by atoms with E-state index in [-0.39, 0.29) is 29.0 Å². The molecule has 0 amide bonds. The van der Waals surface area contributed by atoms with E-state index >= 15 is 0 Å². The van der Waals surface area contributed by atoms with Crippen LogP contribution in [0.2, 0.25) is 0 Å². The fourth-order valence-corrected chi connectivity index (χ4v) is 2.52. The third-order valence-corrected chi connectivity index (χ3v) is 3.70. The predicted octanol–water partition coefficient (Wildman–Crippen LogP) is 5.10. The van der Waals surface area contributed by atoms with Crippen LogP contribution in [0, 0.1) is 0 Å². The topological polar surface area (TPSA) is 37.8 Å². The molecule has 2 aromatic rings. The second kappa shape index (κ2) is 6.30. The SMILES string of the molecule is FC(F)(F)CCCNc1nc(C(F)(F)C(F)(F)F)nc2sccc12. The van der Waals surface area contributed by atoms with Gasteiger partial charge in [-0.05, 0) is 17.9 Å². The van der Waals surface area contributed by atoms with Crippen LogP contribution in [0.25, 0.3) is 10.2 Å². The summed E-state index contributed by atoms with van der Waals surface area (Å²) in [7, 11) is 0. The van der Waals surface area contributed by atoms with E-state index in [0.717, 1.165) is 11.3 Å². The molecule has 0 bridgehead atoms. The number of hydrogen-bond acceptors (Lipinski definition) is 4. The van der Waals surface area contributed by atoms with Crippen molar-refractivity contribution in [3.05, 3.63) is 17.3 Å². The highest BCUT2D eigenvalue weighted by Crippen LogP contribution is 2.43. The van der Waals surface area contributed by atoms with Crippen LogP contribution in [0.5, 0.6) is 0 Å². The molecule has 0 aliphatic carbocycles. The van der Waals surface area contributed by atoms with Gasteiger partial charge in [-0.3, -0.25) is 0 Å². The molecule has 0 aliphatic rings. The van der Waals surface area contributed by atoms with E-state index in [0.29, 0.717) is 0 Å². The van der Waals surface area contributed by atoms with Crippen molar-refractivity contribution in [2.75, 3.05) is 11.9 Å². The molecule has 24 heavy (non-hydrogen) atoms. The molecule has 0 saturated carbocycles. The van der Waals surface area contributed by atoms with E-state index < -0.39 is 30.5 Å². The summed E-state index contributed by atoms with van der Waals surface area (Å²) in [5.41, 5.74) is 0. The maximum atomic E-state index is 13.4. The van der Waals surface area contributed by atoms with E-state index in [9.17, 15) is 35.1 Å². The average molecular weight is 379 g/mol. The van der Waals surface area contributed by atoms with Crippen LogP contribution in [0.3, 0.4) is 0 Å². The van der Waals surface area contributed by atoms with Crippen LogP contribution in [0.15, 0.2) is 11.4 Å². The zero-order chi connectivity index (χ0) is 18.2. The first-order valence-electron chi connectivity index (χ1n) is 6.43. The first-order valence-corrected chi connectivity index (χ1v) is 7.30. The Labute approximate surface area is 133 Å². The van der Waals surface area contributed by atoms with Gasteiger partial charge < -0.3 is 5.32 Å². The molecule has 0 aliphatic heterocycles. The lowest BCUT2D eigenvalue weighted by Gasteiger charge is -2.19. The van der Waals surface area contributed by atoms with E-state index in [1.165, 1.54) is 11.4 Å². The van der Waals surface area contributed by atoms with Crippen LogP contribution < -0.4 is 5.32 Å². The summed E-state index contributed by atoms with van der Waals surface area (Å²) in [6.07, 6.45) is -11.8. The van der Waals surface area contributed by atoms with Crippen LogP contribution in [-0.4, -0.2) is 28.9 Å². The minimum Gasteiger partial charge on any atom is -0.369 e. The number of anilines is 1. The Bertz CT molecular complexity index is 706. The van der Waals surface area contributed by atoms with Crippen molar-refractivity contribution >= 4 is 27.4 Å². The second-order valence-corrected chi connectivity index (χ2v) is 5.65. The van der Waals surface area contributed by atoms with Gasteiger partial charge in [0.1, 0.15) is 10.6 Å². The van der Waals surface area contributed by atoms with Gasteiger partial charge in [0, 0.05) is 13.0 Å². The Hall–Kier alpha value is -1.72. The van der Waals surface area contributed by atoms with Crippen LogP contribution in [-0.2, 0) is 5.92 Å². The van der Waals surface area contributed by atoms with E-state index in [1.807, 2.05) is 0 Å². The highest BCUT2D eigenvalue weighted by molar-refractivity contribution is 7.16. The summed E-state index contributed by atoms with van der Waals surface area (Å²) in [5.74, 6) is -7.38. The molecule has 12 heteroatoms. The number of fused-ring (bicyclic) bond motifs is 1. The Morgan fingerprint density at radius 1 is 1.00 bits per heavy atom. The maximum Gasteiger partial charge on any atom is 0.461 e. The number of hydrogen-bond donors (Lipinski definition) is 1. The first kappa shape index (κ1) is 18.6. The lowest BCUT2D eigenvalue weighted by molar-refractivity contribution is -0.292. The lowest BCUT2D eigenvalue weighted by Crippen LogP contribution is -2.35. The molecule has 0 unspecified atom stereocenters. The fraction of sp³-hybridized carbons (Fsp3) is 0.500. The largest absolute Gasteiger partial charge is 0.461 e. The number of thiophene rings is 1. The number of rotatable bonds is 5. The minimum absolute atomic E-state index is 0.123. The summed E-state index contributed by atoms with van der Waals surface area (Å²) < 4.78 is 100. The molecular weight excluding hydrogens is 370 g/mol. The summed E-state index contributed by atoms with van der Waals surface area (Å²) in [6.45, 7) is -0.293. The smallest absolute Gasteiger partial charge is 0.369 e. The summed E-state index contributed by atoms with van der Waals surface area (Å²) in [6, 6.07) is 1.38. The van der Waals surface area contributed by atoms with Crippen molar-refractivity contribution in [2.24, 2.45) is 0 Å². The van der Waals surface area contributed by atoms with Gasteiger partial charge in [0.05, 0.1) is 5.39 Å². The fourth-order valence-electron chi connectivity index (χ4n) is 1.75. The monoisotopic (exact) mass is 379 g/mol. The molecule has 0 fully saturated rings. The Morgan fingerprint density at radius 2 is 1.67 bits per heavy atom. The minimum atomic E-state index is -5.88. The van der Waals surface area contributed by atoms with Crippen molar-refractivity contribution in [3.63, 3.8) is 0 Å². The molecule has 2 aromatic heterocycles. The number of aromatic nitrogens is 2. The third-order valence-electron chi connectivity index (χ3n) is 2.89. The van der Waals surface area contributed by atoms with Gasteiger partial charge in [0.25, 0.3) is 0 Å². The molecule has 2 rings (SSSR count). The molecule has 0 radical (unpaired) electrons. The van der Waals surface area contributed by atoms with Crippen molar-refractivity contribution in [2.45, 2.75) is 31.1 Å². The lowest BCUT2D eigenvalue weighted by atomic mass is 10.2. The zero-order valence-electron chi connectivity index (χ0n) is 11.6. The van der Waals surface area contributed by atoms with Crippen molar-refractivity contribution in [3.8, 4) is 0 Å². The molecule has 2 heterocycles. The van der Waals surface area contributed by atoms with E-state index in [2.05, 4.69) is 15.3 Å². The van der Waals surface area contributed by atoms with Gasteiger partial charge in [-0.1, -0.05) is 0 Å². The molecule has 134 valence electrons. The standard InChI is InChI=1S/C12H9F8N3S/c13-10(14,15)3-1-4-21-7-6-2-5-24-8(6)23-9(22-7)11(16,17)12(18,19)20/h2,5H,1,3-4H2,(H,21,22,23). The summed E-state index contributed by atoms with van der Waals surface area (Å²) in [5, 5.41) is 3.92. The van der Waals surface area contributed by atoms with Crippen LogP contribution in [0.4, 0.5) is 40.9 Å². The molecule has 0 spiro atoms. The molecule has 3 nitrogen and oxygen atoms in total. The first-order chi connectivity index (χ1) is 10.9. The van der Waals surface area contributed by atoms with Crippen molar-refractivity contribution in [1.29, 1.82) is 0 Å². The maximum absolute atomic E-state index is 13.4. The Balaban J connectivity index is 2.28. The quantitative estimate of drug-likeness (QED) is 0.580. The molecule has 0 atom stereocenters. The summed E-state index contributed by atoms with van der Waals surface area (Å²) >= 11 is 0.814. The van der Waals surface area contributed by atoms with E-state index in [4.69, 9.17) is 0 Å². The van der Waals surface area contributed by atoms with E-state index in [1.54, 1.807) is 0 Å². The van der Waals surface area contributed by atoms with Gasteiger partial charge in [0.2, 0.25) is 5.82 Å². The number of nitrogens with one attached hydrogen (secondary N) is 1. The average Bonchev–Trinajstić information content (AvgIpc) is 2.89. The number of nitrogens with zero attached hydrogens (tertiary/aromatic N) is 2. The molecule has 1 N–H and O–H groups in total. The highest BCUT2D eigenvalue weighted by atomic mass is 32.1. The molecule has 0 saturated heterocycles. The van der Waals surface area contributed by atoms with Crippen molar-refractivity contribution in [1.82, 2.24) is 9.97 Å². The van der Waals surface area contributed by atoms with Gasteiger partial charge in [0.15, 0.2) is 0 Å². The van der Waals surface area contributed by atoms with Gasteiger partial charge in [-0.25, -0.2) is 9.97 Å². The van der Waals surface area contributed by atoms with Gasteiger partial charge in [-0.2, -0.15) is 35.1 Å². The van der Waals surface area contributed by atoms with Crippen LogP contribution in [0.1, 0.15) is 18.7 Å². The Kier molecular flexibility index (Phi) is 4.88. The second-order valence-electron chi connectivity index (χ2n) is 4.75. The van der Waals surface area contributed by atoms with Crippen LogP contribution >= 0.6 is 11.3 Å². The van der Waals surface area contributed by atoms with Crippen molar-refractivity contribution < 1.29 is 35.1 Å². The number of halogens is 8. The molecule has 0 aromatic carbocycles.